The van der Waals surface area contributed by atoms with Gasteiger partial charge in [-0.2, -0.15) is 0 Å². The SMILES string of the molecule is O=C1C(NC2CC2)CCCN1CC1CCOC1. The van der Waals surface area contributed by atoms with Crippen molar-refractivity contribution in [2.24, 2.45) is 5.92 Å². The number of amides is 1. The van der Waals surface area contributed by atoms with Crippen LogP contribution < -0.4 is 5.32 Å². The predicted octanol–water partition coefficient (Wildman–Crippen LogP) is 0.766. The van der Waals surface area contributed by atoms with Crippen LogP contribution in [0.3, 0.4) is 0 Å². The fourth-order valence-corrected chi connectivity index (χ4v) is 2.85. The van der Waals surface area contributed by atoms with E-state index in [2.05, 4.69) is 10.2 Å². The minimum Gasteiger partial charge on any atom is -0.381 e. The van der Waals surface area contributed by atoms with Crippen molar-refractivity contribution < 1.29 is 9.53 Å². The van der Waals surface area contributed by atoms with E-state index in [9.17, 15) is 4.79 Å². The van der Waals surface area contributed by atoms with Crippen molar-refractivity contribution in [1.82, 2.24) is 10.2 Å². The van der Waals surface area contributed by atoms with E-state index in [4.69, 9.17) is 4.74 Å². The largest absolute Gasteiger partial charge is 0.381 e. The summed E-state index contributed by atoms with van der Waals surface area (Å²) in [6.45, 7) is 3.56. The van der Waals surface area contributed by atoms with Crippen LogP contribution in [0, 0.1) is 5.92 Å². The van der Waals surface area contributed by atoms with Gasteiger partial charge in [-0.05, 0) is 32.1 Å². The third-order valence-corrected chi connectivity index (χ3v) is 4.05. The number of likely N-dealkylation sites (tertiary alicyclic amines) is 1. The second kappa shape index (κ2) is 4.94. The number of carbonyl (C=O) groups is 1. The molecule has 0 bridgehead atoms. The van der Waals surface area contributed by atoms with Crippen molar-refractivity contribution in [3.63, 3.8) is 0 Å². The molecule has 1 saturated carbocycles. The second-order valence-corrected chi connectivity index (χ2v) is 5.65. The molecule has 0 spiro atoms. The van der Waals surface area contributed by atoms with Gasteiger partial charge >= 0.3 is 0 Å². The number of hydrogen-bond donors (Lipinski definition) is 1. The highest BCUT2D eigenvalue weighted by Crippen LogP contribution is 2.23. The Balaban J connectivity index is 1.53. The van der Waals surface area contributed by atoms with Crippen molar-refractivity contribution in [3.8, 4) is 0 Å². The summed E-state index contributed by atoms with van der Waals surface area (Å²) in [5.74, 6) is 0.897. The standard InChI is InChI=1S/C13H22N2O2/c16-13-12(14-11-3-4-11)2-1-6-15(13)8-10-5-7-17-9-10/h10-12,14H,1-9H2. The number of nitrogens with one attached hydrogen (secondary N) is 1. The lowest BCUT2D eigenvalue weighted by atomic mass is 10.0. The van der Waals surface area contributed by atoms with Crippen LogP contribution in [-0.2, 0) is 9.53 Å². The van der Waals surface area contributed by atoms with Crippen molar-refractivity contribution in [1.29, 1.82) is 0 Å². The molecule has 3 rings (SSSR count). The molecule has 1 amide bonds. The Morgan fingerprint density at radius 3 is 2.88 bits per heavy atom. The van der Waals surface area contributed by atoms with E-state index in [-0.39, 0.29) is 6.04 Å². The van der Waals surface area contributed by atoms with Gasteiger partial charge in [0, 0.05) is 31.7 Å². The average Bonchev–Trinajstić information content (AvgIpc) is 2.99. The summed E-state index contributed by atoms with van der Waals surface area (Å²) < 4.78 is 5.38. The molecule has 2 saturated heterocycles. The molecule has 0 aromatic heterocycles. The molecule has 0 aromatic rings. The number of rotatable bonds is 4. The molecule has 1 aliphatic carbocycles. The molecule has 2 aliphatic heterocycles. The topological polar surface area (TPSA) is 41.6 Å². The number of hydrogen-bond acceptors (Lipinski definition) is 3. The fraction of sp³-hybridized carbons (Fsp3) is 0.923. The first-order valence-electron chi connectivity index (χ1n) is 6.95. The molecule has 17 heavy (non-hydrogen) atoms. The van der Waals surface area contributed by atoms with Gasteiger partial charge in [0.2, 0.25) is 5.91 Å². The Bertz CT molecular complexity index is 285. The molecule has 2 atom stereocenters. The average molecular weight is 238 g/mol. The fourth-order valence-electron chi connectivity index (χ4n) is 2.85. The molecule has 2 unspecified atom stereocenters. The minimum absolute atomic E-state index is 0.0959. The lowest BCUT2D eigenvalue weighted by molar-refractivity contribution is -0.136. The van der Waals surface area contributed by atoms with Crippen molar-refractivity contribution in [2.45, 2.75) is 44.2 Å². The van der Waals surface area contributed by atoms with Gasteiger partial charge < -0.3 is 15.0 Å². The zero-order chi connectivity index (χ0) is 11.7. The van der Waals surface area contributed by atoms with Gasteiger partial charge in [-0.15, -0.1) is 0 Å². The van der Waals surface area contributed by atoms with E-state index in [1.165, 1.54) is 12.8 Å². The minimum atomic E-state index is 0.0959. The maximum atomic E-state index is 12.3. The Labute approximate surface area is 103 Å². The Kier molecular flexibility index (Phi) is 3.34. The molecule has 4 heteroatoms. The zero-order valence-electron chi connectivity index (χ0n) is 10.4. The van der Waals surface area contributed by atoms with Crippen LogP contribution in [0.1, 0.15) is 32.1 Å². The van der Waals surface area contributed by atoms with Gasteiger partial charge in [-0.25, -0.2) is 0 Å². The summed E-state index contributed by atoms with van der Waals surface area (Å²) in [6, 6.07) is 0.720. The Morgan fingerprint density at radius 1 is 1.29 bits per heavy atom. The molecule has 3 aliphatic rings. The normalized spacial score (nSPS) is 34.4. The number of piperidine rings is 1. The molecule has 3 fully saturated rings. The monoisotopic (exact) mass is 238 g/mol. The van der Waals surface area contributed by atoms with Crippen LogP contribution in [0.25, 0.3) is 0 Å². The van der Waals surface area contributed by atoms with E-state index < -0.39 is 0 Å². The van der Waals surface area contributed by atoms with E-state index in [0.717, 1.165) is 45.6 Å². The highest BCUT2D eigenvalue weighted by atomic mass is 16.5. The summed E-state index contributed by atoms with van der Waals surface area (Å²) in [6.07, 6.45) is 5.78. The lowest BCUT2D eigenvalue weighted by Crippen LogP contribution is -2.52. The molecule has 96 valence electrons. The van der Waals surface area contributed by atoms with Gasteiger partial charge in [0.25, 0.3) is 0 Å². The first-order chi connectivity index (χ1) is 8.33. The molecule has 0 radical (unpaired) electrons. The molecule has 4 nitrogen and oxygen atoms in total. The molecule has 2 heterocycles. The zero-order valence-corrected chi connectivity index (χ0v) is 10.4. The second-order valence-electron chi connectivity index (χ2n) is 5.65. The van der Waals surface area contributed by atoms with Gasteiger partial charge in [0.1, 0.15) is 0 Å². The Hall–Kier alpha value is -0.610. The van der Waals surface area contributed by atoms with E-state index in [1.807, 2.05) is 0 Å². The molecular formula is C13H22N2O2. The quantitative estimate of drug-likeness (QED) is 0.786. The van der Waals surface area contributed by atoms with Crippen molar-refractivity contribution >= 4 is 5.91 Å². The first kappa shape index (κ1) is 11.5. The van der Waals surface area contributed by atoms with Gasteiger partial charge in [-0.1, -0.05) is 0 Å². The maximum absolute atomic E-state index is 12.3. The predicted molar refractivity (Wildman–Crippen MR) is 64.7 cm³/mol. The van der Waals surface area contributed by atoms with E-state index in [0.29, 0.717) is 17.9 Å². The van der Waals surface area contributed by atoms with Crippen LogP contribution in [0.15, 0.2) is 0 Å². The van der Waals surface area contributed by atoms with Crippen LogP contribution >= 0.6 is 0 Å². The third-order valence-electron chi connectivity index (χ3n) is 4.05. The van der Waals surface area contributed by atoms with Crippen LogP contribution in [0.5, 0.6) is 0 Å². The summed E-state index contributed by atoms with van der Waals surface area (Å²) in [4.78, 5) is 14.4. The van der Waals surface area contributed by atoms with Gasteiger partial charge in [0.05, 0.1) is 12.6 Å². The van der Waals surface area contributed by atoms with Gasteiger partial charge in [0.15, 0.2) is 0 Å². The third kappa shape index (κ3) is 2.80. The summed E-state index contributed by atoms with van der Waals surface area (Å²) >= 11 is 0. The van der Waals surface area contributed by atoms with Crippen molar-refractivity contribution in [2.75, 3.05) is 26.3 Å². The Morgan fingerprint density at radius 2 is 2.18 bits per heavy atom. The van der Waals surface area contributed by atoms with Crippen LogP contribution in [-0.4, -0.2) is 49.2 Å². The number of carbonyl (C=O) groups excluding carboxylic acids is 1. The molecular weight excluding hydrogens is 216 g/mol. The summed E-state index contributed by atoms with van der Waals surface area (Å²) in [7, 11) is 0. The van der Waals surface area contributed by atoms with E-state index in [1.54, 1.807) is 0 Å². The maximum Gasteiger partial charge on any atom is 0.239 e. The summed E-state index contributed by atoms with van der Waals surface area (Å²) in [5.41, 5.74) is 0. The summed E-state index contributed by atoms with van der Waals surface area (Å²) in [5, 5.41) is 3.47. The highest BCUT2D eigenvalue weighted by molar-refractivity contribution is 5.82. The van der Waals surface area contributed by atoms with Crippen LogP contribution in [0.4, 0.5) is 0 Å². The highest BCUT2D eigenvalue weighted by Gasteiger charge is 2.34. The van der Waals surface area contributed by atoms with Crippen LogP contribution in [0.2, 0.25) is 0 Å². The molecule has 0 aromatic carbocycles. The first-order valence-corrected chi connectivity index (χ1v) is 6.95. The van der Waals surface area contributed by atoms with E-state index >= 15 is 0 Å². The lowest BCUT2D eigenvalue weighted by Gasteiger charge is -2.34. The smallest absolute Gasteiger partial charge is 0.239 e. The van der Waals surface area contributed by atoms with Crippen molar-refractivity contribution in [3.05, 3.63) is 0 Å². The number of ether oxygens (including phenoxy) is 1. The molecule has 1 N–H and O–H groups in total. The van der Waals surface area contributed by atoms with Gasteiger partial charge in [-0.3, -0.25) is 4.79 Å². The number of nitrogens with zero attached hydrogens (tertiary/aromatic N) is 1.